The van der Waals surface area contributed by atoms with Crippen LogP contribution in [0.25, 0.3) is 0 Å². The van der Waals surface area contributed by atoms with Crippen molar-refractivity contribution in [1.29, 1.82) is 5.26 Å². The number of likely N-dealkylation sites (N-methyl/N-ethyl adjacent to an activating group) is 1. The molecule has 0 aliphatic carbocycles. The number of rotatable bonds is 4. The number of halogens is 1. The van der Waals surface area contributed by atoms with Crippen LogP contribution in [0.2, 0.25) is 5.02 Å². The lowest BCUT2D eigenvalue weighted by atomic mass is 10.2. The summed E-state index contributed by atoms with van der Waals surface area (Å²) in [5, 5.41) is 14.9. The molecule has 16 heavy (non-hydrogen) atoms. The summed E-state index contributed by atoms with van der Waals surface area (Å²) in [5.41, 5.74) is 1.04. The Hall–Kier alpha value is -1.73. The van der Waals surface area contributed by atoms with E-state index in [4.69, 9.17) is 16.9 Å². The van der Waals surface area contributed by atoms with E-state index in [1.165, 1.54) is 0 Å². The van der Waals surface area contributed by atoms with Crippen LogP contribution in [0.1, 0.15) is 12.5 Å². The van der Waals surface area contributed by atoms with Gasteiger partial charge in [-0.15, -0.1) is 0 Å². The van der Waals surface area contributed by atoms with Gasteiger partial charge in [0.2, 0.25) is 5.91 Å². The minimum atomic E-state index is -0.110. The number of anilines is 1. The quantitative estimate of drug-likeness (QED) is 0.839. The van der Waals surface area contributed by atoms with Crippen molar-refractivity contribution in [1.82, 2.24) is 5.32 Å². The minimum Gasteiger partial charge on any atom is -0.375 e. The van der Waals surface area contributed by atoms with Crippen LogP contribution in [0, 0.1) is 11.3 Å². The highest BCUT2D eigenvalue weighted by molar-refractivity contribution is 6.30. The van der Waals surface area contributed by atoms with Crippen molar-refractivity contribution in [2.75, 3.05) is 18.4 Å². The molecule has 0 aliphatic heterocycles. The molecule has 1 rings (SSSR count). The molecule has 0 fully saturated rings. The predicted molar refractivity (Wildman–Crippen MR) is 63.3 cm³/mol. The Kier molecular flexibility index (Phi) is 4.62. The monoisotopic (exact) mass is 237 g/mol. The normalized spacial score (nSPS) is 9.31. The molecule has 4 nitrogen and oxygen atoms in total. The lowest BCUT2D eigenvalue weighted by Gasteiger charge is -2.08. The first-order valence-corrected chi connectivity index (χ1v) is 5.25. The van der Waals surface area contributed by atoms with Gasteiger partial charge < -0.3 is 10.6 Å². The van der Waals surface area contributed by atoms with Gasteiger partial charge in [-0.25, -0.2) is 0 Å². The molecule has 0 atom stereocenters. The molecule has 0 unspecified atom stereocenters. The maximum Gasteiger partial charge on any atom is 0.239 e. The van der Waals surface area contributed by atoms with Crippen LogP contribution in [-0.2, 0) is 4.79 Å². The van der Waals surface area contributed by atoms with E-state index in [9.17, 15) is 4.79 Å². The van der Waals surface area contributed by atoms with Crippen LogP contribution in [0.15, 0.2) is 18.2 Å². The van der Waals surface area contributed by atoms with Gasteiger partial charge in [-0.05, 0) is 25.1 Å². The topological polar surface area (TPSA) is 64.9 Å². The number of benzene rings is 1. The number of hydrogen-bond donors (Lipinski definition) is 2. The van der Waals surface area contributed by atoms with Crippen LogP contribution in [0.5, 0.6) is 0 Å². The van der Waals surface area contributed by atoms with E-state index in [0.29, 0.717) is 22.8 Å². The molecule has 0 aromatic heterocycles. The molecule has 84 valence electrons. The molecule has 0 saturated carbocycles. The summed E-state index contributed by atoms with van der Waals surface area (Å²) in [7, 11) is 0. The van der Waals surface area contributed by atoms with Crippen molar-refractivity contribution in [3.8, 4) is 6.07 Å². The first-order chi connectivity index (χ1) is 7.67. The van der Waals surface area contributed by atoms with E-state index in [1.807, 2.05) is 13.0 Å². The molecule has 0 aliphatic rings. The predicted octanol–water partition coefficient (Wildman–Crippen LogP) is 1.76. The second-order valence-corrected chi connectivity index (χ2v) is 3.55. The lowest BCUT2D eigenvalue weighted by Crippen LogP contribution is -2.29. The Morgan fingerprint density at radius 2 is 2.31 bits per heavy atom. The van der Waals surface area contributed by atoms with Gasteiger partial charge in [-0.1, -0.05) is 11.6 Å². The zero-order valence-electron chi connectivity index (χ0n) is 8.88. The molecule has 0 radical (unpaired) electrons. The number of nitrogens with zero attached hydrogens (tertiary/aromatic N) is 1. The first kappa shape index (κ1) is 12.3. The summed E-state index contributed by atoms with van der Waals surface area (Å²) in [6.07, 6.45) is 0. The summed E-state index contributed by atoms with van der Waals surface area (Å²) < 4.78 is 0. The summed E-state index contributed by atoms with van der Waals surface area (Å²) >= 11 is 5.75. The van der Waals surface area contributed by atoms with Crippen molar-refractivity contribution in [3.05, 3.63) is 28.8 Å². The number of carbonyl (C=O) groups is 1. The Balaban J connectivity index is 2.67. The van der Waals surface area contributed by atoms with Gasteiger partial charge in [0.1, 0.15) is 6.07 Å². The highest BCUT2D eigenvalue weighted by Gasteiger charge is 2.04. The fraction of sp³-hybridized carbons (Fsp3) is 0.273. The molecule has 5 heteroatoms. The largest absolute Gasteiger partial charge is 0.375 e. The molecule has 0 spiro atoms. The Labute approximate surface area is 99.2 Å². The molecular formula is C11H12ClN3O. The number of amides is 1. The molecule has 0 heterocycles. The first-order valence-electron chi connectivity index (χ1n) is 4.87. The van der Waals surface area contributed by atoms with Crippen LogP contribution in [0.4, 0.5) is 5.69 Å². The van der Waals surface area contributed by atoms with Gasteiger partial charge in [0.25, 0.3) is 0 Å². The van der Waals surface area contributed by atoms with Gasteiger partial charge in [0, 0.05) is 11.6 Å². The zero-order valence-corrected chi connectivity index (χ0v) is 9.64. The van der Waals surface area contributed by atoms with Crippen molar-refractivity contribution in [3.63, 3.8) is 0 Å². The summed E-state index contributed by atoms with van der Waals surface area (Å²) in [6.45, 7) is 2.58. The second kappa shape index (κ2) is 5.99. The third kappa shape index (κ3) is 3.44. The fourth-order valence-electron chi connectivity index (χ4n) is 1.20. The zero-order chi connectivity index (χ0) is 12.0. The molecule has 1 aromatic carbocycles. The Bertz CT molecular complexity index is 426. The fourth-order valence-corrected chi connectivity index (χ4v) is 1.37. The Morgan fingerprint density at radius 3 is 2.94 bits per heavy atom. The average molecular weight is 238 g/mol. The van der Waals surface area contributed by atoms with Gasteiger partial charge in [-0.3, -0.25) is 4.79 Å². The van der Waals surface area contributed by atoms with Crippen LogP contribution < -0.4 is 10.6 Å². The van der Waals surface area contributed by atoms with Gasteiger partial charge in [0.15, 0.2) is 0 Å². The number of hydrogen-bond acceptors (Lipinski definition) is 3. The number of carbonyl (C=O) groups excluding carboxylic acids is 1. The summed E-state index contributed by atoms with van der Waals surface area (Å²) in [5.74, 6) is -0.110. The molecule has 1 aromatic rings. The highest BCUT2D eigenvalue weighted by atomic mass is 35.5. The highest BCUT2D eigenvalue weighted by Crippen LogP contribution is 2.19. The van der Waals surface area contributed by atoms with E-state index < -0.39 is 0 Å². The number of nitrogens with one attached hydrogen (secondary N) is 2. The van der Waals surface area contributed by atoms with E-state index in [0.717, 1.165) is 0 Å². The number of nitriles is 1. The summed E-state index contributed by atoms with van der Waals surface area (Å²) in [4.78, 5) is 11.2. The van der Waals surface area contributed by atoms with Gasteiger partial charge in [0.05, 0.1) is 17.8 Å². The lowest BCUT2D eigenvalue weighted by molar-refractivity contribution is -0.119. The van der Waals surface area contributed by atoms with Crippen molar-refractivity contribution >= 4 is 23.2 Å². The van der Waals surface area contributed by atoms with E-state index in [-0.39, 0.29) is 12.5 Å². The van der Waals surface area contributed by atoms with Crippen molar-refractivity contribution in [2.24, 2.45) is 0 Å². The maximum absolute atomic E-state index is 11.2. The van der Waals surface area contributed by atoms with Crippen molar-refractivity contribution < 1.29 is 4.79 Å². The molecule has 2 N–H and O–H groups in total. The van der Waals surface area contributed by atoms with Crippen LogP contribution in [-0.4, -0.2) is 19.0 Å². The van der Waals surface area contributed by atoms with E-state index in [2.05, 4.69) is 10.6 Å². The van der Waals surface area contributed by atoms with Crippen LogP contribution >= 0.6 is 11.6 Å². The Morgan fingerprint density at radius 1 is 1.56 bits per heavy atom. The van der Waals surface area contributed by atoms with E-state index in [1.54, 1.807) is 18.2 Å². The molecule has 0 saturated heterocycles. The second-order valence-electron chi connectivity index (χ2n) is 3.11. The van der Waals surface area contributed by atoms with Gasteiger partial charge in [-0.2, -0.15) is 5.26 Å². The maximum atomic E-state index is 11.2. The molecule has 1 amide bonds. The SMILES string of the molecule is CCNC(=O)CNc1ccc(Cl)cc1C#N. The third-order valence-corrected chi connectivity index (χ3v) is 2.15. The van der Waals surface area contributed by atoms with Crippen LogP contribution in [0.3, 0.4) is 0 Å². The standard InChI is InChI=1S/C11H12ClN3O/c1-2-14-11(16)7-15-10-4-3-9(12)5-8(10)6-13/h3-5,15H,2,7H2,1H3,(H,14,16). The molecule has 0 bridgehead atoms. The average Bonchev–Trinajstić information content (AvgIpc) is 2.27. The summed E-state index contributed by atoms with van der Waals surface area (Å²) in [6, 6.07) is 6.92. The minimum absolute atomic E-state index is 0.110. The van der Waals surface area contributed by atoms with E-state index >= 15 is 0 Å². The smallest absolute Gasteiger partial charge is 0.239 e. The van der Waals surface area contributed by atoms with Crippen molar-refractivity contribution in [2.45, 2.75) is 6.92 Å². The molecular weight excluding hydrogens is 226 g/mol. The van der Waals surface area contributed by atoms with Gasteiger partial charge >= 0.3 is 0 Å². The third-order valence-electron chi connectivity index (χ3n) is 1.92.